The first-order chi connectivity index (χ1) is 9.74. The molecule has 2 rings (SSSR count). The Hall–Kier alpha value is -0.840. The summed E-state index contributed by atoms with van der Waals surface area (Å²) in [6.07, 6.45) is 1.89. The van der Waals surface area contributed by atoms with Crippen molar-refractivity contribution in [3.05, 3.63) is 23.7 Å². The van der Waals surface area contributed by atoms with Crippen molar-refractivity contribution >= 4 is 0 Å². The summed E-state index contributed by atoms with van der Waals surface area (Å²) >= 11 is 0. The molecule has 0 saturated carbocycles. The van der Waals surface area contributed by atoms with Crippen LogP contribution in [0.25, 0.3) is 0 Å². The average molecular weight is 293 g/mol. The lowest BCUT2D eigenvalue weighted by molar-refractivity contribution is 0.244. The van der Waals surface area contributed by atoms with E-state index < -0.39 is 0 Å². The van der Waals surface area contributed by atoms with Gasteiger partial charge >= 0.3 is 0 Å². The van der Waals surface area contributed by atoms with Crippen LogP contribution < -0.4 is 5.32 Å². The second kappa shape index (κ2) is 6.51. The molecule has 1 N–H and O–H groups in total. The first-order valence-corrected chi connectivity index (χ1v) is 7.95. The Balaban J connectivity index is 1.86. The lowest BCUT2D eigenvalue weighted by Gasteiger charge is -2.22. The standard InChI is InChI=1S/C17H31N3O/c1-13-9-20(11-16(13)19(5)6)10-15-7-14(12-21-15)8-18-17(2,3)4/h7,12-13,16,18H,8-11H2,1-6H3. The second-order valence-electron chi connectivity index (χ2n) is 7.73. The van der Waals surface area contributed by atoms with Gasteiger partial charge in [-0.2, -0.15) is 0 Å². The summed E-state index contributed by atoms with van der Waals surface area (Å²) in [5.74, 6) is 1.80. The quantitative estimate of drug-likeness (QED) is 0.904. The van der Waals surface area contributed by atoms with Crippen molar-refractivity contribution in [2.45, 2.75) is 52.4 Å². The Morgan fingerprint density at radius 3 is 2.62 bits per heavy atom. The predicted octanol–water partition coefficient (Wildman–Crippen LogP) is 2.55. The minimum absolute atomic E-state index is 0.140. The monoisotopic (exact) mass is 293 g/mol. The maximum absolute atomic E-state index is 5.73. The summed E-state index contributed by atoms with van der Waals surface area (Å²) < 4.78 is 5.73. The van der Waals surface area contributed by atoms with E-state index in [1.54, 1.807) is 0 Å². The summed E-state index contributed by atoms with van der Waals surface area (Å²) in [7, 11) is 4.35. The van der Waals surface area contributed by atoms with Crippen molar-refractivity contribution in [1.82, 2.24) is 15.1 Å². The molecule has 0 radical (unpaired) electrons. The molecule has 0 bridgehead atoms. The summed E-state index contributed by atoms with van der Waals surface area (Å²) in [6.45, 7) is 13.0. The smallest absolute Gasteiger partial charge is 0.118 e. The number of hydrogen-bond donors (Lipinski definition) is 1. The van der Waals surface area contributed by atoms with Gasteiger partial charge in [0.05, 0.1) is 12.8 Å². The van der Waals surface area contributed by atoms with Crippen LogP contribution in [0.15, 0.2) is 16.7 Å². The Kier molecular flexibility index (Phi) is 5.12. The third-order valence-electron chi connectivity index (χ3n) is 4.22. The molecule has 2 atom stereocenters. The van der Waals surface area contributed by atoms with Gasteiger partial charge in [-0.3, -0.25) is 4.90 Å². The van der Waals surface area contributed by atoms with Crippen LogP contribution in [0.2, 0.25) is 0 Å². The largest absolute Gasteiger partial charge is 0.468 e. The fourth-order valence-corrected chi connectivity index (χ4v) is 3.04. The van der Waals surface area contributed by atoms with Gasteiger partial charge in [0.15, 0.2) is 0 Å². The molecule has 1 aliphatic rings. The Morgan fingerprint density at radius 1 is 1.33 bits per heavy atom. The second-order valence-corrected chi connectivity index (χ2v) is 7.73. The first-order valence-electron chi connectivity index (χ1n) is 7.95. The number of likely N-dealkylation sites (tertiary alicyclic amines) is 1. The third kappa shape index (κ3) is 4.83. The van der Waals surface area contributed by atoms with Crippen molar-refractivity contribution in [3.63, 3.8) is 0 Å². The highest BCUT2D eigenvalue weighted by Crippen LogP contribution is 2.22. The predicted molar refractivity (Wildman–Crippen MR) is 87.2 cm³/mol. The van der Waals surface area contributed by atoms with Crippen LogP contribution in [-0.4, -0.2) is 48.6 Å². The Bertz CT molecular complexity index is 447. The number of hydrogen-bond acceptors (Lipinski definition) is 4. The number of rotatable bonds is 5. The van der Waals surface area contributed by atoms with E-state index in [-0.39, 0.29) is 5.54 Å². The van der Waals surface area contributed by atoms with Gasteiger partial charge in [0.1, 0.15) is 5.76 Å². The van der Waals surface area contributed by atoms with Crippen molar-refractivity contribution in [2.24, 2.45) is 5.92 Å². The molecule has 0 amide bonds. The van der Waals surface area contributed by atoms with E-state index in [0.717, 1.165) is 37.9 Å². The summed E-state index contributed by atoms with van der Waals surface area (Å²) in [5.41, 5.74) is 1.37. The lowest BCUT2D eigenvalue weighted by atomic mass is 10.1. The lowest BCUT2D eigenvalue weighted by Crippen LogP contribution is -2.34. The zero-order valence-corrected chi connectivity index (χ0v) is 14.4. The molecular weight excluding hydrogens is 262 g/mol. The molecule has 1 saturated heterocycles. The fraction of sp³-hybridized carbons (Fsp3) is 0.765. The molecule has 2 heterocycles. The SMILES string of the molecule is CC1CN(Cc2cc(CNC(C)(C)C)co2)CC1N(C)C. The molecule has 1 aliphatic heterocycles. The van der Waals surface area contributed by atoms with Crippen LogP contribution in [-0.2, 0) is 13.1 Å². The maximum atomic E-state index is 5.73. The highest BCUT2D eigenvalue weighted by Gasteiger charge is 2.31. The molecule has 2 unspecified atom stereocenters. The van der Waals surface area contributed by atoms with Gasteiger partial charge in [-0.15, -0.1) is 0 Å². The fourth-order valence-electron chi connectivity index (χ4n) is 3.04. The maximum Gasteiger partial charge on any atom is 0.118 e. The molecule has 1 aromatic heterocycles. The summed E-state index contributed by atoms with van der Waals surface area (Å²) in [4.78, 5) is 4.83. The van der Waals surface area contributed by atoms with Gasteiger partial charge in [-0.25, -0.2) is 0 Å². The van der Waals surface area contributed by atoms with E-state index in [1.807, 2.05) is 6.26 Å². The molecule has 1 aromatic rings. The normalized spacial score (nSPS) is 24.1. The molecule has 0 aliphatic carbocycles. The Morgan fingerprint density at radius 2 is 2.05 bits per heavy atom. The van der Waals surface area contributed by atoms with Gasteiger partial charge in [-0.1, -0.05) is 6.92 Å². The van der Waals surface area contributed by atoms with Crippen molar-refractivity contribution in [2.75, 3.05) is 27.2 Å². The van der Waals surface area contributed by atoms with Crippen LogP contribution in [0.4, 0.5) is 0 Å². The van der Waals surface area contributed by atoms with E-state index >= 15 is 0 Å². The summed E-state index contributed by atoms with van der Waals surface area (Å²) in [5, 5.41) is 3.49. The third-order valence-corrected chi connectivity index (χ3v) is 4.22. The molecule has 4 heteroatoms. The molecule has 0 aromatic carbocycles. The number of furan rings is 1. The number of likely N-dealkylation sites (N-methyl/N-ethyl adjacent to an activating group) is 1. The minimum atomic E-state index is 0.140. The van der Waals surface area contributed by atoms with E-state index in [9.17, 15) is 0 Å². The van der Waals surface area contributed by atoms with Gasteiger partial charge in [0.25, 0.3) is 0 Å². The van der Waals surface area contributed by atoms with Gasteiger partial charge in [-0.05, 0) is 46.9 Å². The highest BCUT2D eigenvalue weighted by atomic mass is 16.3. The van der Waals surface area contributed by atoms with Crippen LogP contribution in [0.3, 0.4) is 0 Å². The van der Waals surface area contributed by atoms with E-state index in [0.29, 0.717) is 6.04 Å². The highest BCUT2D eigenvalue weighted by molar-refractivity contribution is 5.13. The van der Waals surface area contributed by atoms with Crippen LogP contribution in [0.1, 0.15) is 39.0 Å². The van der Waals surface area contributed by atoms with Gasteiger partial charge in [0, 0.05) is 36.8 Å². The molecule has 1 fully saturated rings. The van der Waals surface area contributed by atoms with E-state index in [4.69, 9.17) is 4.42 Å². The molecule has 0 spiro atoms. The Labute approximate surface area is 129 Å². The number of nitrogens with zero attached hydrogens (tertiary/aromatic N) is 2. The molecular formula is C17H31N3O. The van der Waals surface area contributed by atoms with Crippen LogP contribution in [0, 0.1) is 5.92 Å². The van der Waals surface area contributed by atoms with E-state index in [1.165, 1.54) is 5.56 Å². The molecule has 21 heavy (non-hydrogen) atoms. The van der Waals surface area contributed by atoms with Crippen molar-refractivity contribution in [1.29, 1.82) is 0 Å². The van der Waals surface area contributed by atoms with Gasteiger partial charge in [0.2, 0.25) is 0 Å². The zero-order valence-electron chi connectivity index (χ0n) is 14.4. The van der Waals surface area contributed by atoms with Crippen LogP contribution >= 0.6 is 0 Å². The van der Waals surface area contributed by atoms with Gasteiger partial charge < -0.3 is 14.6 Å². The molecule has 4 nitrogen and oxygen atoms in total. The first kappa shape index (κ1) is 16.5. The van der Waals surface area contributed by atoms with Crippen molar-refractivity contribution < 1.29 is 4.42 Å². The number of nitrogens with one attached hydrogen (secondary N) is 1. The van der Waals surface area contributed by atoms with Crippen LogP contribution in [0.5, 0.6) is 0 Å². The average Bonchev–Trinajstić information content (AvgIpc) is 2.93. The minimum Gasteiger partial charge on any atom is -0.468 e. The van der Waals surface area contributed by atoms with E-state index in [2.05, 4.69) is 63.0 Å². The van der Waals surface area contributed by atoms with Crippen molar-refractivity contribution in [3.8, 4) is 0 Å². The summed E-state index contributed by atoms with van der Waals surface area (Å²) in [6, 6.07) is 2.84. The topological polar surface area (TPSA) is 31.6 Å². The molecule has 120 valence electrons. The zero-order chi connectivity index (χ0) is 15.6.